The van der Waals surface area contributed by atoms with Crippen molar-refractivity contribution in [1.82, 2.24) is 15.1 Å². The highest BCUT2D eigenvalue weighted by Crippen LogP contribution is 2.20. The summed E-state index contributed by atoms with van der Waals surface area (Å²) >= 11 is 5.82. The Morgan fingerprint density at radius 2 is 2.29 bits per heavy atom. The van der Waals surface area contributed by atoms with Crippen LogP contribution in [0.2, 0.25) is 0 Å². The van der Waals surface area contributed by atoms with Crippen LogP contribution in [-0.2, 0) is 5.88 Å². The number of rotatable bonds is 2. The summed E-state index contributed by atoms with van der Waals surface area (Å²) in [6, 6.07) is 0.562. The van der Waals surface area contributed by atoms with Crippen LogP contribution in [0.25, 0.3) is 0 Å². The van der Waals surface area contributed by atoms with E-state index in [1.54, 1.807) is 0 Å². The minimum Gasteiger partial charge on any atom is -0.317 e. The van der Waals surface area contributed by atoms with E-state index in [-0.39, 0.29) is 0 Å². The van der Waals surface area contributed by atoms with Gasteiger partial charge in [0.25, 0.3) is 0 Å². The van der Waals surface area contributed by atoms with Gasteiger partial charge in [-0.15, -0.1) is 11.6 Å². The summed E-state index contributed by atoms with van der Waals surface area (Å²) in [6.07, 6.45) is 4.43. The molecule has 1 saturated heterocycles. The molecule has 3 nitrogen and oxygen atoms in total. The molecule has 0 atom stereocenters. The van der Waals surface area contributed by atoms with Gasteiger partial charge in [-0.1, -0.05) is 0 Å². The van der Waals surface area contributed by atoms with Crippen molar-refractivity contribution < 1.29 is 0 Å². The number of aryl methyl sites for hydroxylation is 1. The highest BCUT2D eigenvalue weighted by atomic mass is 35.5. The van der Waals surface area contributed by atoms with Gasteiger partial charge >= 0.3 is 0 Å². The maximum atomic E-state index is 5.82. The molecule has 1 aromatic rings. The summed E-state index contributed by atoms with van der Waals surface area (Å²) in [7, 11) is 0. The standard InChI is InChI=1S/C10H16ClN3/c1-8-9(6-11)7-14(13-8)10-2-4-12-5-3-10/h7,10,12H,2-6H2,1H3. The zero-order chi connectivity index (χ0) is 9.97. The Kier molecular flexibility index (Phi) is 3.08. The molecule has 2 rings (SSSR count). The van der Waals surface area contributed by atoms with Crippen LogP contribution in [0.5, 0.6) is 0 Å². The fraction of sp³-hybridized carbons (Fsp3) is 0.700. The van der Waals surface area contributed by atoms with Gasteiger partial charge in [0.15, 0.2) is 0 Å². The maximum Gasteiger partial charge on any atom is 0.0637 e. The molecule has 0 unspecified atom stereocenters. The van der Waals surface area contributed by atoms with Gasteiger partial charge in [0.1, 0.15) is 0 Å². The van der Waals surface area contributed by atoms with Crippen LogP contribution in [0.1, 0.15) is 30.1 Å². The lowest BCUT2D eigenvalue weighted by molar-refractivity contribution is 0.342. The van der Waals surface area contributed by atoms with Gasteiger partial charge in [-0.3, -0.25) is 4.68 Å². The number of hydrogen-bond acceptors (Lipinski definition) is 2. The van der Waals surface area contributed by atoms with Gasteiger partial charge < -0.3 is 5.32 Å². The van der Waals surface area contributed by atoms with Crippen LogP contribution in [0.4, 0.5) is 0 Å². The summed E-state index contributed by atoms with van der Waals surface area (Å²) < 4.78 is 2.09. The van der Waals surface area contributed by atoms with E-state index < -0.39 is 0 Å². The zero-order valence-electron chi connectivity index (χ0n) is 8.46. The fourth-order valence-electron chi connectivity index (χ4n) is 1.91. The van der Waals surface area contributed by atoms with Crippen molar-refractivity contribution in [2.24, 2.45) is 0 Å². The molecule has 1 N–H and O–H groups in total. The second kappa shape index (κ2) is 4.32. The fourth-order valence-corrected chi connectivity index (χ4v) is 2.17. The predicted molar refractivity (Wildman–Crippen MR) is 57.7 cm³/mol. The number of nitrogens with one attached hydrogen (secondary N) is 1. The first-order chi connectivity index (χ1) is 6.81. The molecular formula is C10H16ClN3. The Labute approximate surface area is 89.4 Å². The van der Waals surface area contributed by atoms with E-state index >= 15 is 0 Å². The molecule has 0 aliphatic carbocycles. The molecule has 2 heterocycles. The van der Waals surface area contributed by atoms with Crippen molar-refractivity contribution in [1.29, 1.82) is 0 Å². The Morgan fingerprint density at radius 3 is 2.86 bits per heavy atom. The lowest BCUT2D eigenvalue weighted by atomic mass is 10.1. The molecule has 1 fully saturated rings. The van der Waals surface area contributed by atoms with Crippen molar-refractivity contribution in [2.75, 3.05) is 13.1 Å². The van der Waals surface area contributed by atoms with Gasteiger partial charge in [0.2, 0.25) is 0 Å². The SMILES string of the molecule is Cc1nn(C2CCNCC2)cc1CCl. The number of piperidine rings is 1. The lowest BCUT2D eigenvalue weighted by Crippen LogP contribution is -2.29. The number of nitrogens with zero attached hydrogens (tertiary/aromatic N) is 2. The molecule has 0 amide bonds. The predicted octanol–water partition coefficient (Wildman–Crippen LogP) is 1.85. The Balaban J connectivity index is 2.14. The third-order valence-electron chi connectivity index (χ3n) is 2.85. The molecule has 0 bridgehead atoms. The monoisotopic (exact) mass is 213 g/mol. The Morgan fingerprint density at radius 1 is 1.57 bits per heavy atom. The lowest BCUT2D eigenvalue weighted by Gasteiger charge is -2.22. The van der Waals surface area contributed by atoms with E-state index in [1.165, 1.54) is 12.8 Å². The smallest absolute Gasteiger partial charge is 0.0637 e. The van der Waals surface area contributed by atoms with Crippen LogP contribution in [0, 0.1) is 6.92 Å². The minimum absolute atomic E-state index is 0.562. The number of aromatic nitrogens is 2. The van der Waals surface area contributed by atoms with Crippen molar-refractivity contribution >= 4 is 11.6 Å². The average Bonchev–Trinajstić information content (AvgIpc) is 2.61. The van der Waals surface area contributed by atoms with Crippen molar-refractivity contribution in [3.63, 3.8) is 0 Å². The molecular weight excluding hydrogens is 198 g/mol. The topological polar surface area (TPSA) is 29.9 Å². The molecule has 78 valence electrons. The first-order valence-electron chi connectivity index (χ1n) is 5.12. The third kappa shape index (κ3) is 1.93. The van der Waals surface area contributed by atoms with Crippen molar-refractivity contribution in [2.45, 2.75) is 31.7 Å². The number of hydrogen-bond donors (Lipinski definition) is 1. The molecule has 14 heavy (non-hydrogen) atoms. The summed E-state index contributed by atoms with van der Waals surface area (Å²) in [5.41, 5.74) is 2.23. The molecule has 1 aromatic heterocycles. The normalized spacial score (nSPS) is 18.7. The first kappa shape index (κ1) is 9.99. The Bertz CT molecular complexity index is 302. The van der Waals surface area contributed by atoms with E-state index in [4.69, 9.17) is 11.6 Å². The van der Waals surface area contributed by atoms with Crippen LogP contribution in [0.3, 0.4) is 0 Å². The van der Waals surface area contributed by atoms with E-state index in [1.807, 2.05) is 6.92 Å². The van der Waals surface area contributed by atoms with Crippen LogP contribution >= 0.6 is 11.6 Å². The highest BCUT2D eigenvalue weighted by molar-refractivity contribution is 6.17. The minimum atomic E-state index is 0.562. The summed E-state index contributed by atoms with van der Waals surface area (Å²) in [6.45, 7) is 4.22. The summed E-state index contributed by atoms with van der Waals surface area (Å²) in [5.74, 6) is 0.566. The van der Waals surface area contributed by atoms with E-state index in [2.05, 4.69) is 21.3 Å². The van der Waals surface area contributed by atoms with Crippen molar-refractivity contribution in [3.8, 4) is 0 Å². The molecule has 0 radical (unpaired) electrons. The van der Waals surface area contributed by atoms with E-state index in [9.17, 15) is 0 Å². The maximum absolute atomic E-state index is 5.82. The van der Waals surface area contributed by atoms with Gasteiger partial charge in [0, 0.05) is 11.8 Å². The molecule has 0 spiro atoms. The van der Waals surface area contributed by atoms with E-state index in [0.717, 1.165) is 24.3 Å². The Hall–Kier alpha value is -0.540. The second-order valence-electron chi connectivity index (χ2n) is 3.83. The number of alkyl halides is 1. The highest BCUT2D eigenvalue weighted by Gasteiger charge is 2.16. The van der Waals surface area contributed by atoms with Crippen LogP contribution in [-0.4, -0.2) is 22.9 Å². The third-order valence-corrected chi connectivity index (χ3v) is 3.13. The summed E-state index contributed by atoms with van der Waals surface area (Å²) in [4.78, 5) is 0. The molecule has 1 aliphatic heterocycles. The number of halogens is 1. The average molecular weight is 214 g/mol. The molecule has 1 aliphatic rings. The van der Waals surface area contributed by atoms with Gasteiger partial charge in [-0.05, 0) is 32.9 Å². The second-order valence-corrected chi connectivity index (χ2v) is 4.10. The van der Waals surface area contributed by atoms with Gasteiger partial charge in [-0.2, -0.15) is 5.10 Å². The first-order valence-corrected chi connectivity index (χ1v) is 5.66. The quantitative estimate of drug-likeness (QED) is 0.761. The summed E-state index contributed by atoms with van der Waals surface area (Å²) in [5, 5.41) is 7.86. The van der Waals surface area contributed by atoms with Crippen LogP contribution < -0.4 is 5.32 Å². The van der Waals surface area contributed by atoms with Crippen LogP contribution in [0.15, 0.2) is 6.20 Å². The van der Waals surface area contributed by atoms with Gasteiger partial charge in [-0.25, -0.2) is 0 Å². The molecule has 4 heteroatoms. The van der Waals surface area contributed by atoms with Crippen molar-refractivity contribution in [3.05, 3.63) is 17.5 Å². The van der Waals surface area contributed by atoms with Gasteiger partial charge in [0.05, 0.1) is 17.6 Å². The zero-order valence-corrected chi connectivity index (χ0v) is 9.22. The molecule has 0 saturated carbocycles. The molecule has 0 aromatic carbocycles. The van der Waals surface area contributed by atoms with E-state index in [0.29, 0.717) is 11.9 Å². The largest absolute Gasteiger partial charge is 0.317 e.